The Labute approximate surface area is 171 Å². The summed E-state index contributed by atoms with van der Waals surface area (Å²) in [5.41, 5.74) is 2.60. The van der Waals surface area contributed by atoms with E-state index >= 15 is 0 Å². The zero-order valence-corrected chi connectivity index (χ0v) is 19.1. The molecule has 8 heteroatoms. The summed E-state index contributed by atoms with van der Waals surface area (Å²) in [5, 5.41) is 2.82. The molecule has 0 aromatic rings. The van der Waals surface area contributed by atoms with Gasteiger partial charge in [0.25, 0.3) is 0 Å². The zero-order chi connectivity index (χ0) is 21.9. The number of carbonyl (C=O) groups excluding carboxylic acids is 2. The third-order valence-electron chi connectivity index (χ3n) is 5.55. The number of amides is 2. The van der Waals surface area contributed by atoms with Crippen LogP contribution in [0.1, 0.15) is 47.5 Å². The van der Waals surface area contributed by atoms with E-state index in [1.165, 1.54) is 0 Å². The Bertz CT molecular complexity index is 457. The van der Waals surface area contributed by atoms with Gasteiger partial charge in [0.15, 0.2) is 0 Å². The molecule has 0 saturated carbocycles. The number of hydrogen-bond donors (Lipinski definition) is 3. The van der Waals surface area contributed by atoms with Gasteiger partial charge in [-0.2, -0.15) is 0 Å². The summed E-state index contributed by atoms with van der Waals surface area (Å²) in [6, 6.07) is -0.345. The number of likely N-dealkylation sites (N-methyl/N-ethyl adjacent to an activating group) is 2. The maximum atomic E-state index is 12.8. The molecule has 0 aromatic heterocycles. The van der Waals surface area contributed by atoms with Gasteiger partial charge >= 0.3 is 0 Å². The molecular formula is C20H43N5O3. The maximum Gasteiger partial charge on any atom is 0.242 e. The number of nitrogens with zero attached hydrogens (tertiary/aromatic N) is 2. The predicted octanol–water partition coefficient (Wildman–Crippen LogP) is 0.820. The quantitative estimate of drug-likeness (QED) is 0.294. The molecule has 0 heterocycles. The van der Waals surface area contributed by atoms with Gasteiger partial charge in [-0.15, -0.1) is 0 Å². The van der Waals surface area contributed by atoms with Crippen LogP contribution in [0, 0.1) is 11.8 Å². The SMILES string of the molecule is CCC(C)C(C(CC)OC)N(C)C(=O)CNC(=O)C(C(C)C)N(C)CCNN. The molecule has 2 amide bonds. The van der Waals surface area contributed by atoms with Crippen molar-refractivity contribution in [1.82, 2.24) is 20.5 Å². The molecule has 4 unspecified atom stereocenters. The fraction of sp³-hybridized carbons (Fsp3) is 0.900. The highest BCUT2D eigenvalue weighted by Gasteiger charge is 2.32. The number of methoxy groups -OCH3 is 1. The molecule has 0 saturated heterocycles. The Morgan fingerprint density at radius 3 is 2.14 bits per heavy atom. The minimum atomic E-state index is -0.320. The van der Waals surface area contributed by atoms with Crippen molar-refractivity contribution in [2.24, 2.45) is 17.7 Å². The molecule has 0 fully saturated rings. The van der Waals surface area contributed by atoms with Crippen LogP contribution in [0.4, 0.5) is 0 Å². The van der Waals surface area contributed by atoms with Gasteiger partial charge in [-0.25, -0.2) is 0 Å². The summed E-state index contributed by atoms with van der Waals surface area (Å²) in [5.74, 6) is 5.49. The van der Waals surface area contributed by atoms with Gasteiger partial charge in [0.05, 0.1) is 24.7 Å². The minimum Gasteiger partial charge on any atom is -0.379 e. The van der Waals surface area contributed by atoms with Crippen LogP contribution in [-0.2, 0) is 14.3 Å². The second-order valence-electron chi connectivity index (χ2n) is 7.90. The summed E-state index contributed by atoms with van der Waals surface area (Å²) >= 11 is 0. The van der Waals surface area contributed by atoms with Crippen molar-refractivity contribution in [2.75, 3.05) is 40.8 Å². The molecule has 8 nitrogen and oxygen atoms in total. The molecule has 166 valence electrons. The molecule has 0 aliphatic heterocycles. The van der Waals surface area contributed by atoms with E-state index in [0.717, 1.165) is 12.8 Å². The van der Waals surface area contributed by atoms with Gasteiger partial charge in [-0.3, -0.25) is 25.8 Å². The highest BCUT2D eigenvalue weighted by atomic mass is 16.5. The van der Waals surface area contributed by atoms with Gasteiger partial charge < -0.3 is 15.0 Å². The van der Waals surface area contributed by atoms with E-state index in [2.05, 4.69) is 31.5 Å². The van der Waals surface area contributed by atoms with Crippen molar-refractivity contribution in [3.8, 4) is 0 Å². The lowest BCUT2D eigenvalue weighted by atomic mass is 9.91. The Morgan fingerprint density at radius 2 is 1.71 bits per heavy atom. The second kappa shape index (κ2) is 13.9. The van der Waals surface area contributed by atoms with Crippen molar-refractivity contribution in [1.29, 1.82) is 0 Å². The fourth-order valence-electron chi connectivity index (χ4n) is 3.74. The van der Waals surface area contributed by atoms with Crippen LogP contribution in [0.25, 0.3) is 0 Å². The van der Waals surface area contributed by atoms with Crippen molar-refractivity contribution < 1.29 is 14.3 Å². The number of carbonyl (C=O) groups is 2. The standard InChI is InChI=1S/C20H43N5O3/c1-9-15(5)19(16(10-2)28-8)25(7)17(26)13-22-20(27)18(14(3)4)24(6)12-11-23-21/h14-16,18-19,23H,9-13,21H2,1-8H3,(H,22,27). The number of hydrazine groups is 1. The van der Waals surface area contributed by atoms with Crippen molar-refractivity contribution in [2.45, 2.75) is 65.6 Å². The number of nitrogens with two attached hydrogens (primary N) is 1. The number of rotatable bonds is 14. The average molecular weight is 402 g/mol. The minimum absolute atomic E-state index is 0.0192. The number of nitrogens with one attached hydrogen (secondary N) is 2. The molecule has 0 bridgehead atoms. The lowest BCUT2D eigenvalue weighted by Gasteiger charge is -2.37. The largest absolute Gasteiger partial charge is 0.379 e. The van der Waals surface area contributed by atoms with Crippen LogP contribution in [0.2, 0.25) is 0 Å². The first kappa shape index (κ1) is 26.8. The van der Waals surface area contributed by atoms with Crippen LogP contribution in [-0.4, -0.2) is 80.6 Å². The Kier molecular flexibility index (Phi) is 13.3. The van der Waals surface area contributed by atoms with Crippen LogP contribution in [0.15, 0.2) is 0 Å². The van der Waals surface area contributed by atoms with E-state index in [9.17, 15) is 9.59 Å². The summed E-state index contributed by atoms with van der Waals surface area (Å²) < 4.78 is 5.62. The van der Waals surface area contributed by atoms with Crippen molar-refractivity contribution >= 4 is 11.8 Å². The van der Waals surface area contributed by atoms with Gasteiger partial charge in [-0.1, -0.05) is 41.0 Å². The molecule has 0 radical (unpaired) electrons. The van der Waals surface area contributed by atoms with E-state index in [1.807, 2.05) is 25.8 Å². The molecule has 0 rings (SSSR count). The zero-order valence-electron chi connectivity index (χ0n) is 19.1. The van der Waals surface area contributed by atoms with Gasteiger partial charge in [0.2, 0.25) is 11.8 Å². The normalized spacial score (nSPS) is 16.0. The lowest BCUT2D eigenvalue weighted by Crippen LogP contribution is -2.54. The van der Waals surface area contributed by atoms with Crippen LogP contribution in [0.3, 0.4) is 0 Å². The summed E-state index contributed by atoms with van der Waals surface area (Å²) in [6.45, 7) is 11.5. The van der Waals surface area contributed by atoms with E-state index < -0.39 is 0 Å². The summed E-state index contributed by atoms with van der Waals surface area (Å²) in [4.78, 5) is 29.2. The summed E-state index contributed by atoms with van der Waals surface area (Å²) in [6.07, 6.45) is 1.74. The van der Waals surface area contributed by atoms with Crippen LogP contribution in [0.5, 0.6) is 0 Å². The molecule has 4 atom stereocenters. The first-order valence-corrected chi connectivity index (χ1v) is 10.4. The summed E-state index contributed by atoms with van der Waals surface area (Å²) in [7, 11) is 5.37. The van der Waals surface area contributed by atoms with Gasteiger partial charge in [0.1, 0.15) is 0 Å². The first-order valence-electron chi connectivity index (χ1n) is 10.4. The topological polar surface area (TPSA) is 99.9 Å². The van der Waals surface area contributed by atoms with Crippen LogP contribution >= 0.6 is 0 Å². The highest BCUT2D eigenvalue weighted by Crippen LogP contribution is 2.21. The van der Waals surface area contributed by atoms with Crippen LogP contribution < -0.4 is 16.6 Å². The van der Waals surface area contributed by atoms with Crippen molar-refractivity contribution in [3.05, 3.63) is 0 Å². The average Bonchev–Trinajstić information content (AvgIpc) is 2.67. The maximum absolute atomic E-state index is 12.8. The first-order chi connectivity index (χ1) is 13.2. The number of hydrogen-bond acceptors (Lipinski definition) is 6. The lowest BCUT2D eigenvalue weighted by molar-refractivity contribution is -0.138. The van der Waals surface area contributed by atoms with Gasteiger partial charge in [-0.05, 0) is 25.3 Å². The Hall–Kier alpha value is -1.22. The Balaban J connectivity index is 5.04. The monoisotopic (exact) mass is 401 g/mol. The molecule has 0 aliphatic rings. The van der Waals surface area contributed by atoms with E-state index in [0.29, 0.717) is 19.0 Å². The van der Waals surface area contributed by atoms with Crippen molar-refractivity contribution in [3.63, 3.8) is 0 Å². The Morgan fingerprint density at radius 1 is 1.11 bits per heavy atom. The predicted molar refractivity (Wildman–Crippen MR) is 114 cm³/mol. The molecule has 0 aliphatic carbocycles. The van der Waals surface area contributed by atoms with Gasteiger partial charge in [0, 0.05) is 27.2 Å². The van der Waals surface area contributed by atoms with E-state index in [-0.39, 0.29) is 42.5 Å². The number of ether oxygens (including phenoxy) is 1. The molecule has 0 aromatic carbocycles. The fourth-order valence-corrected chi connectivity index (χ4v) is 3.74. The third kappa shape index (κ3) is 8.03. The van der Waals surface area contributed by atoms with E-state index in [4.69, 9.17) is 10.6 Å². The second-order valence-corrected chi connectivity index (χ2v) is 7.90. The smallest absolute Gasteiger partial charge is 0.242 e. The molecule has 28 heavy (non-hydrogen) atoms. The third-order valence-corrected chi connectivity index (χ3v) is 5.55. The molecule has 0 spiro atoms. The highest BCUT2D eigenvalue weighted by molar-refractivity contribution is 5.87. The molecular weight excluding hydrogens is 358 g/mol. The van der Waals surface area contributed by atoms with E-state index in [1.54, 1.807) is 19.1 Å². The molecule has 4 N–H and O–H groups in total.